The van der Waals surface area contributed by atoms with E-state index in [2.05, 4.69) is 26.3 Å². The topological polar surface area (TPSA) is 108 Å². The Bertz CT molecular complexity index is 1600. The fourth-order valence-corrected chi connectivity index (χ4v) is 4.85. The fourth-order valence-electron chi connectivity index (χ4n) is 4.49. The van der Waals surface area contributed by atoms with Gasteiger partial charge in [-0.15, -0.1) is 0 Å². The average molecular weight is 545 g/mol. The lowest BCUT2D eigenvalue weighted by molar-refractivity contribution is -0.384. The zero-order valence-corrected chi connectivity index (χ0v) is 20.8. The zero-order valence-electron chi connectivity index (χ0n) is 19.2. The third kappa shape index (κ3) is 4.18. The van der Waals surface area contributed by atoms with Crippen LogP contribution in [0.25, 0.3) is 27.7 Å². The van der Waals surface area contributed by atoms with Crippen LogP contribution in [-0.4, -0.2) is 20.8 Å². The number of hydrazine groups is 1. The minimum atomic E-state index is -0.631. The van der Waals surface area contributed by atoms with Gasteiger partial charge in [0.2, 0.25) is 5.91 Å². The number of hydrogen-bond acceptors (Lipinski definition) is 5. The Morgan fingerprint density at radius 1 is 1.06 bits per heavy atom. The van der Waals surface area contributed by atoms with Crippen LogP contribution >= 0.6 is 15.9 Å². The van der Waals surface area contributed by atoms with Gasteiger partial charge < -0.3 is 4.98 Å². The fraction of sp³-hybridized carbons (Fsp3) is 0.111. The van der Waals surface area contributed by atoms with Crippen molar-refractivity contribution in [2.75, 3.05) is 0 Å². The van der Waals surface area contributed by atoms with E-state index in [4.69, 9.17) is 0 Å². The van der Waals surface area contributed by atoms with Gasteiger partial charge in [0.05, 0.1) is 22.2 Å². The van der Waals surface area contributed by atoms with Crippen molar-refractivity contribution >= 4 is 44.1 Å². The molecular weight excluding hydrogens is 524 g/mol. The predicted molar refractivity (Wildman–Crippen MR) is 142 cm³/mol. The number of nitrogens with one attached hydrogen (secondary N) is 2. The number of non-ortho nitro benzene ring substituents is 1. The van der Waals surface area contributed by atoms with Crippen LogP contribution < -0.4 is 11.0 Å². The summed E-state index contributed by atoms with van der Waals surface area (Å²) in [6.07, 6.45) is 1.99. The highest BCUT2D eigenvalue weighted by atomic mass is 79.9. The molecule has 0 saturated carbocycles. The monoisotopic (exact) mass is 544 g/mol. The first-order chi connectivity index (χ1) is 17.4. The lowest BCUT2D eigenvalue weighted by atomic mass is 9.94. The van der Waals surface area contributed by atoms with E-state index < -0.39 is 11.0 Å². The molecule has 0 spiro atoms. The van der Waals surface area contributed by atoms with Crippen LogP contribution in [0.1, 0.15) is 30.5 Å². The smallest absolute Gasteiger partial charge is 0.269 e. The molecule has 0 fully saturated rings. The van der Waals surface area contributed by atoms with Gasteiger partial charge in [0.15, 0.2) is 0 Å². The number of nitro groups is 1. The number of nitro benzene ring substituents is 1. The number of H-pyrrole nitrogens is 1. The van der Waals surface area contributed by atoms with E-state index in [9.17, 15) is 19.7 Å². The van der Waals surface area contributed by atoms with Crippen molar-refractivity contribution in [3.63, 3.8) is 0 Å². The number of hydrogen-bond donors (Lipinski definition) is 2. The Kier molecular flexibility index (Phi) is 6.15. The van der Waals surface area contributed by atoms with Crippen molar-refractivity contribution in [1.82, 2.24) is 15.4 Å². The maximum atomic E-state index is 13.5. The van der Waals surface area contributed by atoms with Crippen LogP contribution in [0.15, 0.2) is 88.1 Å². The summed E-state index contributed by atoms with van der Waals surface area (Å²) in [6.45, 7) is 1.74. The summed E-state index contributed by atoms with van der Waals surface area (Å²) < 4.78 is 0.857. The molecule has 2 N–H and O–H groups in total. The Hall–Kier alpha value is -4.24. The molecule has 0 unspecified atom stereocenters. The van der Waals surface area contributed by atoms with Crippen molar-refractivity contribution in [1.29, 1.82) is 0 Å². The number of benzene rings is 3. The second-order valence-corrected chi connectivity index (χ2v) is 9.28. The molecule has 8 nitrogen and oxygen atoms in total. The van der Waals surface area contributed by atoms with E-state index in [0.29, 0.717) is 22.3 Å². The highest BCUT2D eigenvalue weighted by Crippen LogP contribution is 2.38. The molecule has 36 heavy (non-hydrogen) atoms. The van der Waals surface area contributed by atoms with Crippen LogP contribution in [0.5, 0.6) is 0 Å². The largest absolute Gasteiger partial charge is 0.321 e. The summed E-state index contributed by atoms with van der Waals surface area (Å²) in [5.41, 5.74) is 6.39. The molecule has 2 heterocycles. The zero-order chi connectivity index (χ0) is 25.4. The summed E-state index contributed by atoms with van der Waals surface area (Å²) in [4.78, 5) is 40.2. The van der Waals surface area contributed by atoms with E-state index in [1.165, 1.54) is 17.1 Å². The normalized spacial score (nSPS) is 15.0. The van der Waals surface area contributed by atoms with Gasteiger partial charge >= 0.3 is 0 Å². The van der Waals surface area contributed by atoms with Crippen molar-refractivity contribution in [2.45, 2.75) is 19.4 Å². The van der Waals surface area contributed by atoms with E-state index in [1.54, 1.807) is 25.1 Å². The van der Waals surface area contributed by atoms with E-state index in [0.717, 1.165) is 21.0 Å². The Labute approximate surface area is 214 Å². The Morgan fingerprint density at radius 2 is 1.83 bits per heavy atom. The average Bonchev–Trinajstić information content (AvgIpc) is 3.33. The maximum Gasteiger partial charge on any atom is 0.269 e. The first kappa shape index (κ1) is 23.5. The molecule has 1 atom stereocenters. The number of carbonyl (C=O) groups is 1. The second kappa shape index (κ2) is 9.43. The number of halogens is 1. The molecule has 1 aliphatic rings. The first-order valence-corrected chi connectivity index (χ1v) is 12.1. The molecule has 0 aliphatic carbocycles. The van der Waals surface area contributed by atoms with Crippen LogP contribution in [0.4, 0.5) is 5.69 Å². The number of amides is 1. The van der Waals surface area contributed by atoms with Gasteiger partial charge in [0, 0.05) is 39.5 Å². The lowest BCUT2D eigenvalue weighted by Gasteiger charge is -2.25. The van der Waals surface area contributed by atoms with Gasteiger partial charge in [-0.2, -0.15) is 0 Å². The molecule has 9 heteroatoms. The molecule has 5 rings (SSSR count). The van der Waals surface area contributed by atoms with Gasteiger partial charge in [-0.3, -0.25) is 25.1 Å². The summed E-state index contributed by atoms with van der Waals surface area (Å²) in [7, 11) is 0. The van der Waals surface area contributed by atoms with Crippen molar-refractivity contribution < 1.29 is 9.72 Å². The second-order valence-electron chi connectivity index (χ2n) is 8.37. The summed E-state index contributed by atoms with van der Waals surface area (Å²) in [5.74, 6) is -0.209. The van der Waals surface area contributed by atoms with Crippen LogP contribution in [0.3, 0.4) is 0 Å². The molecule has 0 bridgehead atoms. The van der Waals surface area contributed by atoms with Gasteiger partial charge in [0.25, 0.3) is 11.2 Å². The molecule has 0 radical (unpaired) electrons. The van der Waals surface area contributed by atoms with Gasteiger partial charge in [-0.25, -0.2) is 5.01 Å². The van der Waals surface area contributed by atoms with Gasteiger partial charge in [-0.1, -0.05) is 65.3 Å². The summed E-state index contributed by atoms with van der Waals surface area (Å²) in [6, 6.07) is 20.8. The lowest BCUT2D eigenvalue weighted by Crippen LogP contribution is -2.39. The summed E-state index contributed by atoms with van der Waals surface area (Å²) >= 11 is 3.53. The van der Waals surface area contributed by atoms with Crippen molar-refractivity contribution in [3.05, 3.63) is 115 Å². The number of carbonyl (C=O) groups excluding carboxylic acids is 1. The number of fused-ring (bicyclic) bond motifs is 1. The number of aromatic nitrogens is 1. The predicted octanol–water partition coefficient (Wildman–Crippen LogP) is 5.70. The third-order valence-corrected chi connectivity index (χ3v) is 6.64. The van der Waals surface area contributed by atoms with Gasteiger partial charge in [0.1, 0.15) is 0 Å². The standard InChI is InChI=1S/C27H21BrN4O4/c1-2-24(33)31-23(17-9-6-10-19(13-17)32(35)36)15-22(30-31)26-25(16-7-4-3-5-8-16)20-14-18(28)11-12-21(20)29-27(26)34/h3-15,23,30H,2H2,1H3,(H,29,34)/t23-/m0/s1. The molecule has 1 amide bonds. The van der Waals surface area contributed by atoms with Crippen molar-refractivity contribution in [3.8, 4) is 11.1 Å². The molecular formula is C27H21BrN4O4. The molecule has 3 aromatic carbocycles. The number of pyridine rings is 1. The number of aromatic amines is 1. The summed E-state index contributed by atoms with van der Waals surface area (Å²) in [5, 5.41) is 13.6. The minimum Gasteiger partial charge on any atom is -0.321 e. The van der Waals surface area contributed by atoms with Crippen LogP contribution in [-0.2, 0) is 4.79 Å². The number of rotatable bonds is 5. The Balaban J connectivity index is 1.76. The first-order valence-electron chi connectivity index (χ1n) is 11.3. The quantitative estimate of drug-likeness (QED) is 0.247. The highest BCUT2D eigenvalue weighted by molar-refractivity contribution is 9.10. The van der Waals surface area contributed by atoms with E-state index in [1.807, 2.05) is 48.5 Å². The highest BCUT2D eigenvalue weighted by Gasteiger charge is 2.33. The number of nitrogens with zero attached hydrogens (tertiary/aromatic N) is 2. The molecule has 180 valence electrons. The van der Waals surface area contributed by atoms with Crippen LogP contribution in [0.2, 0.25) is 0 Å². The molecule has 4 aromatic rings. The maximum absolute atomic E-state index is 13.5. The molecule has 0 saturated heterocycles. The third-order valence-electron chi connectivity index (χ3n) is 6.15. The SMILES string of the molecule is CCC(=O)N1NC(c2c(-c3ccccc3)c3cc(Br)ccc3[nH]c2=O)=C[C@H]1c1cccc([N+](=O)[O-])c1. The molecule has 1 aromatic heterocycles. The molecule has 1 aliphatic heterocycles. The van der Waals surface area contributed by atoms with E-state index >= 15 is 0 Å². The van der Waals surface area contributed by atoms with Gasteiger partial charge in [-0.05, 0) is 35.4 Å². The minimum absolute atomic E-state index is 0.0726. The van der Waals surface area contributed by atoms with Crippen molar-refractivity contribution in [2.24, 2.45) is 0 Å². The van der Waals surface area contributed by atoms with Crippen LogP contribution in [0, 0.1) is 10.1 Å². The van der Waals surface area contributed by atoms with E-state index in [-0.39, 0.29) is 23.6 Å². The Morgan fingerprint density at radius 3 is 2.56 bits per heavy atom.